The highest BCUT2D eigenvalue weighted by Gasteiger charge is 2.06. The van der Waals surface area contributed by atoms with Crippen molar-refractivity contribution in [2.24, 2.45) is 0 Å². The molecule has 0 aliphatic carbocycles. The lowest BCUT2D eigenvalue weighted by Crippen LogP contribution is -2.24. The summed E-state index contributed by atoms with van der Waals surface area (Å²) in [5.74, 6) is 0.534. The van der Waals surface area contributed by atoms with E-state index < -0.39 is 0 Å². The molecule has 4 nitrogen and oxygen atoms in total. The van der Waals surface area contributed by atoms with Crippen LogP contribution in [0.25, 0.3) is 0 Å². The van der Waals surface area contributed by atoms with E-state index >= 15 is 0 Å². The van der Waals surface area contributed by atoms with E-state index in [1.165, 1.54) is 0 Å². The maximum absolute atomic E-state index is 12.2. The van der Waals surface area contributed by atoms with E-state index in [0.717, 1.165) is 18.4 Å². The van der Waals surface area contributed by atoms with E-state index in [-0.39, 0.29) is 5.91 Å². The molecule has 134 valence electrons. The second-order valence-corrected chi connectivity index (χ2v) is 6.29. The maximum Gasteiger partial charge on any atom is 0.251 e. The topological polar surface area (TPSA) is 47.6 Å². The summed E-state index contributed by atoms with van der Waals surface area (Å²) in [6, 6.07) is 12.7. The molecule has 25 heavy (non-hydrogen) atoms. The summed E-state index contributed by atoms with van der Waals surface area (Å²) in [5, 5.41) is 4.01. The van der Waals surface area contributed by atoms with Crippen LogP contribution in [-0.2, 0) is 11.2 Å². The average Bonchev–Trinajstić information content (AvgIpc) is 2.62. The van der Waals surface area contributed by atoms with Crippen LogP contribution in [0.1, 0.15) is 22.3 Å². The number of benzene rings is 2. The number of carbonyl (C=O) groups is 1. The Labute approximate surface area is 158 Å². The quantitative estimate of drug-likeness (QED) is 0.655. The van der Waals surface area contributed by atoms with Crippen LogP contribution in [0.15, 0.2) is 42.5 Å². The summed E-state index contributed by atoms with van der Waals surface area (Å²) in [5.41, 5.74) is 1.67. The minimum atomic E-state index is -0.119. The Bertz CT molecular complexity index is 707. The van der Waals surface area contributed by atoms with E-state index in [9.17, 15) is 4.79 Å². The van der Waals surface area contributed by atoms with Gasteiger partial charge in [-0.3, -0.25) is 4.79 Å². The van der Waals surface area contributed by atoms with Gasteiger partial charge in [-0.15, -0.1) is 0 Å². The van der Waals surface area contributed by atoms with Crippen molar-refractivity contribution in [3.8, 4) is 5.75 Å². The molecular weight excluding hydrogens is 361 g/mol. The van der Waals surface area contributed by atoms with Crippen molar-refractivity contribution in [1.82, 2.24) is 5.32 Å². The Morgan fingerprint density at radius 3 is 2.68 bits per heavy atom. The fourth-order valence-corrected chi connectivity index (χ4v) is 2.58. The number of carbonyl (C=O) groups excluding carboxylic acids is 1. The van der Waals surface area contributed by atoms with Gasteiger partial charge in [0, 0.05) is 19.2 Å². The molecule has 0 fully saturated rings. The Morgan fingerprint density at radius 2 is 1.92 bits per heavy atom. The SMILES string of the molecule is COCCOc1cccc(C(=O)NCCCc2ccc(Cl)c(Cl)c2)c1. The van der Waals surface area contributed by atoms with E-state index in [4.69, 9.17) is 32.7 Å². The van der Waals surface area contributed by atoms with E-state index in [0.29, 0.717) is 41.1 Å². The first-order chi connectivity index (χ1) is 12.1. The third-order valence-corrected chi connectivity index (χ3v) is 4.30. The van der Waals surface area contributed by atoms with Crippen LogP contribution < -0.4 is 10.1 Å². The molecule has 6 heteroatoms. The number of methoxy groups -OCH3 is 1. The van der Waals surface area contributed by atoms with Gasteiger partial charge in [0.2, 0.25) is 0 Å². The molecule has 0 aliphatic rings. The average molecular weight is 382 g/mol. The van der Waals surface area contributed by atoms with Crippen LogP contribution >= 0.6 is 23.2 Å². The van der Waals surface area contributed by atoms with Gasteiger partial charge in [0.25, 0.3) is 5.91 Å². The molecule has 0 saturated carbocycles. The van der Waals surface area contributed by atoms with Crippen molar-refractivity contribution in [3.63, 3.8) is 0 Å². The molecule has 0 aromatic heterocycles. The smallest absolute Gasteiger partial charge is 0.251 e. The molecule has 2 rings (SSSR count). The lowest BCUT2D eigenvalue weighted by Gasteiger charge is -2.09. The summed E-state index contributed by atoms with van der Waals surface area (Å²) in [6.07, 6.45) is 1.63. The van der Waals surface area contributed by atoms with E-state index in [1.54, 1.807) is 31.4 Å². The van der Waals surface area contributed by atoms with Gasteiger partial charge in [-0.2, -0.15) is 0 Å². The molecule has 1 amide bonds. The Kier molecular flexibility index (Phi) is 8.06. The van der Waals surface area contributed by atoms with Crippen LogP contribution in [0.5, 0.6) is 5.75 Å². The van der Waals surface area contributed by atoms with Crippen LogP contribution in [0, 0.1) is 0 Å². The third kappa shape index (κ3) is 6.58. The number of ether oxygens (including phenoxy) is 2. The minimum Gasteiger partial charge on any atom is -0.491 e. The highest BCUT2D eigenvalue weighted by Crippen LogP contribution is 2.23. The molecule has 0 bridgehead atoms. The van der Waals surface area contributed by atoms with Crippen LogP contribution in [-0.4, -0.2) is 32.8 Å². The molecule has 1 N–H and O–H groups in total. The molecule has 0 aliphatic heterocycles. The molecule has 0 spiro atoms. The van der Waals surface area contributed by atoms with Crippen molar-refractivity contribution < 1.29 is 14.3 Å². The molecule has 2 aromatic rings. The van der Waals surface area contributed by atoms with Crippen molar-refractivity contribution >= 4 is 29.1 Å². The summed E-state index contributed by atoms with van der Waals surface area (Å²) in [6.45, 7) is 1.53. The lowest BCUT2D eigenvalue weighted by atomic mass is 10.1. The second-order valence-electron chi connectivity index (χ2n) is 5.48. The first-order valence-electron chi connectivity index (χ1n) is 8.04. The molecule has 0 atom stereocenters. The second kappa shape index (κ2) is 10.3. The number of hydrogen-bond acceptors (Lipinski definition) is 3. The predicted molar refractivity (Wildman–Crippen MR) is 101 cm³/mol. The van der Waals surface area contributed by atoms with Crippen LogP contribution in [0.2, 0.25) is 10.0 Å². The van der Waals surface area contributed by atoms with Gasteiger partial charge in [-0.05, 0) is 48.7 Å². The zero-order valence-corrected chi connectivity index (χ0v) is 15.6. The summed E-state index contributed by atoms with van der Waals surface area (Å²) in [7, 11) is 1.62. The van der Waals surface area contributed by atoms with Gasteiger partial charge in [0.1, 0.15) is 12.4 Å². The van der Waals surface area contributed by atoms with Crippen molar-refractivity contribution in [2.45, 2.75) is 12.8 Å². The summed E-state index contributed by atoms with van der Waals surface area (Å²) >= 11 is 11.9. The third-order valence-electron chi connectivity index (χ3n) is 3.56. The molecule has 0 radical (unpaired) electrons. The van der Waals surface area contributed by atoms with Gasteiger partial charge in [-0.25, -0.2) is 0 Å². The molecule has 0 saturated heterocycles. The number of hydrogen-bond donors (Lipinski definition) is 1. The van der Waals surface area contributed by atoms with Gasteiger partial charge < -0.3 is 14.8 Å². The normalized spacial score (nSPS) is 10.5. The first kappa shape index (κ1) is 19.6. The van der Waals surface area contributed by atoms with E-state index in [1.807, 2.05) is 18.2 Å². The van der Waals surface area contributed by atoms with Gasteiger partial charge in [0.05, 0.1) is 16.7 Å². The predicted octanol–water partition coefficient (Wildman–Crippen LogP) is 4.38. The first-order valence-corrected chi connectivity index (χ1v) is 8.79. The van der Waals surface area contributed by atoms with Crippen LogP contribution in [0.3, 0.4) is 0 Å². The Balaban J connectivity index is 1.77. The zero-order chi connectivity index (χ0) is 18.1. The maximum atomic E-state index is 12.2. The van der Waals surface area contributed by atoms with Gasteiger partial charge in [-0.1, -0.05) is 35.3 Å². The fourth-order valence-electron chi connectivity index (χ4n) is 2.26. The van der Waals surface area contributed by atoms with Crippen molar-refractivity contribution in [3.05, 3.63) is 63.6 Å². The number of nitrogens with one attached hydrogen (secondary N) is 1. The lowest BCUT2D eigenvalue weighted by molar-refractivity contribution is 0.0952. The number of amides is 1. The van der Waals surface area contributed by atoms with Crippen molar-refractivity contribution in [2.75, 3.05) is 26.9 Å². The molecular formula is C19H21Cl2NO3. The van der Waals surface area contributed by atoms with Gasteiger partial charge >= 0.3 is 0 Å². The highest BCUT2D eigenvalue weighted by atomic mass is 35.5. The number of rotatable bonds is 9. The molecule has 0 heterocycles. The number of aryl methyl sites for hydroxylation is 1. The standard InChI is InChI=1S/C19H21Cl2NO3/c1-24-10-11-25-16-6-2-5-15(13-16)19(23)22-9-3-4-14-7-8-17(20)18(21)12-14/h2,5-8,12-13H,3-4,9-11H2,1H3,(H,22,23). The zero-order valence-electron chi connectivity index (χ0n) is 14.1. The van der Waals surface area contributed by atoms with E-state index in [2.05, 4.69) is 5.32 Å². The Morgan fingerprint density at radius 1 is 1.08 bits per heavy atom. The monoisotopic (exact) mass is 381 g/mol. The molecule has 0 unspecified atom stereocenters. The van der Waals surface area contributed by atoms with Crippen LogP contribution in [0.4, 0.5) is 0 Å². The fraction of sp³-hybridized carbons (Fsp3) is 0.316. The summed E-state index contributed by atoms with van der Waals surface area (Å²) in [4.78, 5) is 12.2. The summed E-state index contributed by atoms with van der Waals surface area (Å²) < 4.78 is 10.5. The molecule has 2 aromatic carbocycles. The largest absolute Gasteiger partial charge is 0.491 e. The Hall–Kier alpha value is -1.75. The highest BCUT2D eigenvalue weighted by molar-refractivity contribution is 6.42. The number of halogens is 2. The van der Waals surface area contributed by atoms with Crippen molar-refractivity contribution in [1.29, 1.82) is 0 Å². The minimum absolute atomic E-state index is 0.119. The van der Waals surface area contributed by atoms with Gasteiger partial charge in [0.15, 0.2) is 0 Å².